The standard InChI is InChI=1S/C18H16F3N3O4/c1-26-14-4-2-3-5-15(14)27-10-13-6-7-16(28-13)17(25)23-12-8-22-24(9-12)11-18(19,20)21/h2-9H,10-11H2,1H3,(H,23,25). The van der Waals surface area contributed by atoms with Gasteiger partial charge in [0.05, 0.1) is 19.0 Å². The van der Waals surface area contributed by atoms with Gasteiger partial charge in [0.2, 0.25) is 0 Å². The zero-order valence-electron chi connectivity index (χ0n) is 14.7. The summed E-state index contributed by atoms with van der Waals surface area (Å²) in [6.45, 7) is -1.18. The molecule has 2 heterocycles. The molecule has 0 radical (unpaired) electrons. The van der Waals surface area contributed by atoms with E-state index < -0.39 is 18.6 Å². The lowest BCUT2D eigenvalue weighted by Gasteiger charge is -2.08. The number of carbonyl (C=O) groups is 1. The molecule has 2 aromatic heterocycles. The maximum atomic E-state index is 12.3. The first-order valence-electron chi connectivity index (χ1n) is 8.09. The van der Waals surface area contributed by atoms with Crippen LogP contribution < -0.4 is 14.8 Å². The number of halogens is 3. The Hall–Kier alpha value is -3.43. The molecule has 3 rings (SSSR count). The van der Waals surface area contributed by atoms with Gasteiger partial charge >= 0.3 is 6.18 Å². The monoisotopic (exact) mass is 395 g/mol. The predicted octanol–water partition coefficient (Wildman–Crippen LogP) is 3.88. The van der Waals surface area contributed by atoms with Crippen molar-refractivity contribution in [2.75, 3.05) is 12.4 Å². The Morgan fingerprint density at radius 2 is 1.96 bits per heavy atom. The second kappa shape index (κ2) is 8.07. The molecule has 0 aliphatic rings. The van der Waals surface area contributed by atoms with Gasteiger partial charge in [-0.1, -0.05) is 12.1 Å². The van der Waals surface area contributed by atoms with Crippen molar-refractivity contribution in [3.8, 4) is 11.5 Å². The summed E-state index contributed by atoms with van der Waals surface area (Å²) in [6.07, 6.45) is -2.19. The summed E-state index contributed by atoms with van der Waals surface area (Å²) >= 11 is 0. The van der Waals surface area contributed by atoms with Gasteiger partial charge in [-0.3, -0.25) is 9.48 Å². The third-order valence-corrected chi connectivity index (χ3v) is 3.56. The van der Waals surface area contributed by atoms with Crippen LogP contribution in [0.4, 0.5) is 18.9 Å². The van der Waals surface area contributed by atoms with Crippen molar-refractivity contribution in [3.63, 3.8) is 0 Å². The van der Waals surface area contributed by atoms with Crippen molar-refractivity contribution in [1.29, 1.82) is 0 Å². The van der Waals surface area contributed by atoms with Crippen molar-refractivity contribution < 1.29 is 31.9 Å². The minimum absolute atomic E-state index is 0.0119. The predicted molar refractivity (Wildman–Crippen MR) is 92.3 cm³/mol. The molecular weight excluding hydrogens is 379 g/mol. The van der Waals surface area contributed by atoms with E-state index in [9.17, 15) is 18.0 Å². The lowest BCUT2D eigenvalue weighted by molar-refractivity contribution is -0.142. The van der Waals surface area contributed by atoms with E-state index in [4.69, 9.17) is 13.9 Å². The Kier molecular flexibility index (Phi) is 5.57. The number of nitrogens with zero attached hydrogens (tertiary/aromatic N) is 2. The lowest BCUT2D eigenvalue weighted by atomic mass is 10.3. The number of benzene rings is 1. The first kappa shape index (κ1) is 19.3. The van der Waals surface area contributed by atoms with Crippen LogP contribution in [-0.4, -0.2) is 29.0 Å². The van der Waals surface area contributed by atoms with Gasteiger partial charge < -0.3 is 19.2 Å². The molecule has 1 N–H and O–H groups in total. The summed E-state index contributed by atoms with van der Waals surface area (Å²) in [4.78, 5) is 12.2. The van der Waals surface area contributed by atoms with Crippen molar-refractivity contribution >= 4 is 11.6 Å². The maximum Gasteiger partial charge on any atom is 0.408 e. The van der Waals surface area contributed by atoms with Gasteiger partial charge in [0.25, 0.3) is 5.91 Å². The third kappa shape index (κ3) is 5.06. The molecule has 1 aromatic carbocycles. The van der Waals surface area contributed by atoms with Crippen LogP contribution in [0.1, 0.15) is 16.3 Å². The molecule has 0 aliphatic heterocycles. The summed E-state index contributed by atoms with van der Waals surface area (Å²) in [7, 11) is 1.52. The fourth-order valence-corrected chi connectivity index (χ4v) is 2.36. The molecule has 7 nitrogen and oxygen atoms in total. The van der Waals surface area contributed by atoms with E-state index in [1.54, 1.807) is 30.3 Å². The molecule has 0 fully saturated rings. The Labute approximate surface area is 157 Å². The normalized spacial score (nSPS) is 11.3. The summed E-state index contributed by atoms with van der Waals surface area (Å²) in [5.41, 5.74) is 0.123. The van der Waals surface area contributed by atoms with Crippen LogP contribution in [0.2, 0.25) is 0 Å². The van der Waals surface area contributed by atoms with Crippen molar-refractivity contribution in [2.24, 2.45) is 0 Å². The molecule has 0 atom stereocenters. The molecule has 0 spiro atoms. The van der Waals surface area contributed by atoms with Crippen LogP contribution in [0.5, 0.6) is 11.5 Å². The fraction of sp³-hybridized carbons (Fsp3) is 0.222. The van der Waals surface area contributed by atoms with Crippen LogP contribution in [0, 0.1) is 0 Å². The zero-order chi connectivity index (χ0) is 20.1. The number of carbonyl (C=O) groups excluding carboxylic acids is 1. The van der Waals surface area contributed by atoms with Crippen LogP contribution in [-0.2, 0) is 13.2 Å². The van der Waals surface area contributed by atoms with Gasteiger partial charge in [0, 0.05) is 6.20 Å². The molecule has 0 saturated heterocycles. The maximum absolute atomic E-state index is 12.3. The first-order valence-corrected chi connectivity index (χ1v) is 8.09. The highest BCUT2D eigenvalue weighted by Crippen LogP contribution is 2.27. The second-order valence-corrected chi connectivity index (χ2v) is 5.70. The molecule has 28 heavy (non-hydrogen) atoms. The molecular formula is C18H16F3N3O4. The second-order valence-electron chi connectivity index (χ2n) is 5.70. The van der Waals surface area contributed by atoms with Crippen LogP contribution in [0.25, 0.3) is 0 Å². The summed E-state index contributed by atoms with van der Waals surface area (Å²) in [5.74, 6) is 0.841. The van der Waals surface area contributed by atoms with Crippen molar-refractivity contribution in [1.82, 2.24) is 9.78 Å². The number of hydrogen-bond acceptors (Lipinski definition) is 5. The number of hydrogen-bond donors (Lipinski definition) is 1. The first-order chi connectivity index (χ1) is 13.3. The number of aromatic nitrogens is 2. The molecule has 10 heteroatoms. The minimum atomic E-state index is -4.40. The molecule has 0 aliphatic carbocycles. The third-order valence-electron chi connectivity index (χ3n) is 3.56. The summed E-state index contributed by atoms with van der Waals surface area (Å²) < 4.78 is 53.9. The number of para-hydroxylation sites is 2. The molecule has 0 unspecified atom stereocenters. The number of anilines is 1. The Bertz CT molecular complexity index is 949. The van der Waals surface area contributed by atoms with E-state index in [1.807, 2.05) is 0 Å². The number of furan rings is 1. The molecule has 0 bridgehead atoms. The Morgan fingerprint density at radius 3 is 2.68 bits per heavy atom. The number of alkyl halides is 3. The zero-order valence-corrected chi connectivity index (χ0v) is 14.7. The van der Waals surface area contributed by atoms with Gasteiger partial charge in [0.15, 0.2) is 17.3 Å². The van der Waals surface area contributed by atoms with Crippen molar-refractivity contribution in [2.45, 2.75) is 19.3 Å². The minimum Gasteiger partial charge on any atom is -0.493 e. The van der Waals surface area contributed by atoms with E-state index in [0.717, 1.165) is 12.4 Å². The van der Waals surface area contributed by atoms with Gasteiger partial charge in [-0.2, -0.15) is 18.3 Å². The number of ether oxygens (including phenoxy) is 2. The Balaban J connectivity index is 1.58. The SMILES string of the molecule is COc1ccccc1OCc1ccc(C(=O)Nc2cnn(CC(F)(F)F)c2)o1. The van der Waals surface area contributed by atoms with Crippen LogP contribution >= 0.6 is 0 Å². The summed E-state index contributed by atoms with van der Waals surface area (Å²) in [5, 5.41) is 5.98. The average Bonchev–Trinajstić information content (AvgIpc) is 3.28. The van der Waals surface area contributed by atoms with Gasteiger partial charge in [0.1, 0.15) is 18.9 Å². The highest BCUT2D eigenvalue weighted by Gasteiger charge is 2.28. The van der Waals surface area contributed by atoms with E-state index in [-0.39, 0.29) is 18.1 Å². The topological polar surface area (TPSA) is 78.5 Å². The van der Waals surface area contributed by atoms with Crippen molar-refractivity contribution in [3.05, 3.63) is 60.3 Å². The largest absolute Gasteiger partial charge is 0.493 e. The van der Waals surface area contributed by atoms with E-state index in [1.165, 1.54) is 13.2 Å². The molecule has 148 valence electrons. The number of methoxy groups -OCH3 is 1. The van der Waals surface area contributed by atoms with E-state index >= 15 is 0 Å². The Morgan fingerprint density at radius 1 is 1.21 bits per heavy atom. The van der Waals surface area contributed by atoms with Gasteiger partial charge in [-0.05, 0) is 24.3 Å². The molecule has 0 saturated carbocycles. The highest BCUT2D eigenvalue weighted by molar-refractivity contribution is 6.02. The van der Waals surface area contributed by atoms with Gasteiger partial charge in [-0.25, -0.2) is 0 Å². The van der Waals surface area contributed by atoms with Crippen LogP contribution in [0.15, 0.2) is 53.2 Å². The molecule has 3 aromatic rings. The quantitative estimate of drug-likeness (QED) is 0.657. The van der Waals surface area contributed by atoms with E-state index in [2.05, 4.69) is 10.4 Å². The van der Waals surface area contributed by atoms with Crippen LogP contribution in [0.3, 0.4) is 0 Å². The highest BCUT2D eigenvalue weighted by atomic mass is 19.4. The number of rotatable bonds is 7. The summed E-state index contributed by atoms with van der Waals surface area (Å²) in [6, 6.07) is 10.1. The average molecular weight is 395 g/mol. The fourth-order valence-electron chi connectivity index (χ4n) is 2.36. The van der Waals surface area contributed by atoms with Gasteiger partial charge in [-0.15, -0.1) is 0 Å². The smallest absolute Gasteiger partial charge is 0.408 e. The lowest BCUT2D eigenvalue weighted by Crippen LogP contribution is -2.17. The number of amides is 1. The number of nitrogens with one attached hydrogen (secondary N) is 1. The molecule has 1 amide bonds. The van der Waals surface area contributed by atoms with E-state index in [0.29, 0.717) is 21.9 Å².